The summed E-state index contributed by atoms with van der Waals surface area (Å²) in [5.74, 6) is 6.63. The van der Waals surface area contributed by atoms with Crippen molar-refractivity contribution in [1.29, 1.82) is 0 Å². The van der Waals surface area contributed by atoms with Crippen LogP contribution in [0.1, 0.15) is 11.3 Å². The van der Waals surface area contributed by atoms with Crippen molar-refractivity contribution in [3.05, 3.63) is 54.2 Å². The second-order valence-corrected chi connectivity index (χ2v) is 4.63. The van der Waals surface area contributed by atoms with E-state index < -0.39 is 0 Å². The fourth-order valence-corrected chi connectivity index (χ4v) is 2.21. The van der Waals surface area contributed by atoms with Gasteiger partial charge in [0, 0.05) is 10.9 Å². The van der Waals surface area contributed by atoms with Gasteiger partial charge in [-0.25, -0.2) is 9.97 Å². The number of H-pyrrole nitrogens is 1. The van der Waals surface area contributed by atoms with Crippen LogP contribution in [0.25, 0.3) is 22.0 Å². The third-order valence-corrected chi connectivity index (χ3v) is 3.25. The summed E-state index contributed by atoms with van der Waals surface area (Å²) >= 11 is 0. The number of aromatic amines is 1. The summed E-state index contributed by atoms with van der Waals surface area (Å²) in [7, 11) is 0. The van der Waals surface area contributed by atoms with Crippen LogP contribution in [-0.4, -0.2) is 15.0 Å². The van der Waals surface area contributed by atoms with Crippen molar-refractivity contribution >= 4 is 27.8 Å². The van der Waals surface area contributed by atoms with Gasteiger partial charge in [-0.1, -0.05) is 5.92 Å². The van der Waals surface area contributed by atoms with Crippen molar-refractivity contribution in [2.75, 3.05) is 5.73 Å². The van der Waals surface area contributed by atoms with Gasteiger partial charge in [0.25, 0.3) is 0 Å². The van der Waals surface area contributed by atoms with Crippen LogP contribution < -0.4 is 5.73 Å². The number of rotatable bonds is 0. The molecule has 0 aliphatic carbocycles. The second-order valence-electron chi connectivity index (χ2n) is 4.63. The SMILES string of the molecule is Nc1ncnc2[nH]c(C#Cc3ccc4occc4c3)cc12. The number of benzene rings is 1. The molecule has 4 rings (SSSR count). The van der Waals surface area contributed by atoms with Crippen LogP contribution in [0.4, 0.5) is 5.82 Å². The molecule has 0 spiro atoms. The first-order chi connectivity index (χ1) is 10.3. The summed E-state index contributed by atoms with van der Waals surface area (Å²) in [6.07, 6.45) is 3.10. The molecule has 3 heterocycles. The largest absolute Gasteiger partial charge is 0.464 e. The monoisotopic (exact) mass is 274 g/mol. The first-order valence-corrected chi connectivity index (χ1v) is 6.38. The quantitative estimate of drug-likeness (QED) is 0.483. The predicted molar refractivity (Wildman–Crippen MR) is 80.5 cm³/mol. The predicted octanol–water partition coefficient (Wildman–Crippen LogP) is 2.69. The normalized spacial score (nSPS) is 10.7. The van der Waals surface area contributed by atoms with Crippen LogP contribution in [0, 0.1) is 11.8 Å². The average Bonchev–Trinajstić information content (AvgIpc) is 3.11. The third kappa shape index (κ3) is 1.99. The molecule has 0 aliphatic rings. The number of nitrogens with two attached hydrogens (primary N) is 1. The Morgan fingerprint density at radius 3 is 2.95 bits per heavy atom. The number of hydrogen-bond acceptors (Lipinski definition) is 4. The lowest BCUT2D eigenvalue weighted by molar-refractivity contribution is 0.616. The summed E-state index contributed by atoms with van der Waals surface area (Å²) in [4.78, 5) is 11.2. The fourth-order valence-electron chi connectivity index (χ4n) is 2.21. The van der Waals surface area contributed by atoms with E-state index in [1.807, 2.05) is 30.3 Å². The Labute approximate surface area is 119 Å². The maximum Gasteiger partial charge on any atom is 0.143 e. The molecule has 4 aromatic rings. The van der Waals surface area contributed by atoms with Gasteiger partial charge in [0.2, 0.25) is 0 Å². The smallest absolute Gasteiger partial charge is 0.143 e. The minimum absolute atomic E-state index is 0.448. The highest BCUT2D eigenvalue weighted by Crippen LogP contribution is 2.18. The van der Waals surface area contributed by atoms with E-state index in [4.69, 9.17) is 10.2 Å². The lowest BCUT2D eigenvalue weighted by Crippen LogP contribution is -1.90. The van der Waals surface area contributed by atoms with Gasteiger partial charge in [0.05, 0.1) is 17.3 Å². The average molecular weight is 274 g/mol. The van der Waals surface area contributed by atoms with E-state index in [0.29, 0.717) is 11.5 Å². The molecule has 0 unspecified atom stereocenters. The Balaban J connectivity index is 1.75. The minimum Gasteiger partial charge on any atom is -0.464 e. The maximum absolute atomic E-state index is 5.80. The molecule has 5 heteroatoms. The highest BCUT2D eigenvalue weighted by molar-refractivity contribution is 5.87. The standard InChI is InChI=1S/C16H10N4O/c17-15-13-8-12(20-16(13)19-9-18-15)3-1-10-2-4-14-11(7-10)5-6-21-14/h2,4-9H,(H3,17,18,19,20). The van der Waals surface area contributed by atoms with E-state index in [2.05, 4.69) is 26.8 Å². The molecule has 0 saturated carbocycles. The van der Waals surface area contributed by atoms with Gasteiger partial charge < -0.3 is 15.1 Å². The molecule has 0 aliphatic heterocycles. The van der Waals surface area contributed by atoms with Crippen molar-refractivity contribution in [2.24, 2.45) is 0 Å². The van der Waals surface area contributed by atoms with Gasteiger partial charge >= 0.3 is 0 Å². The van der Waals surface area contributed by atoms with E-state index in [9.17, 15) is 0 Å². The number of anilines is 1. The van der Waals surface area contributed by atoms with Gasteiger partial charge in [-0.2, -0.15) is 0 Å². The number of nitrogen functional groups attached to an aromatic ring is 1. The summed E-state index contributed by atoms with van der Waals surface area (Å²) in [5, 5.41) is 1.82. The Hall–Kier alpha value is -3.26. The van der Waals surface area contributed by atoms with Crippen LogP contribution in [0.2, 0.25) is 0 Å². The van der Waals surface area contributed by atoms with Crippen molar-refractivity contribution < 1.29 is 4.42 Å². The molecule has 5 nitrogen and oxygen atoms in total. The Bertz CT molecular complexity index is 1020. The second kappa shape index (κ2) is 4.39. The zero-order valence-corrected chi connectivity index (χ0v) is 10.9. The Morgan fingerprint density at radius 1 is 1.10 bits per heavy atom. The van der Waals surface area contributed by atoms with Crippen LogP contribution in [0.3, 0.4) is 0 Å². The number of aromatic nitrogens is 3. The molecule has 0 fully saturated rings. The van der Waals surface area contributed by atoms with Gasteiger partial charge in [-0.15, -0.1) is 0 Å². The molecule has 0 saturated heterocycles. The number of nitrogens with one attached hydrogen (secondary N) is 1. The van der Waals surface area contributed by atoms with E-state index in [1.54, 1.807) is 6.26 Å². The van der Waals surface area contributed by atoms with Crippen molar-refractivity contribution in [1.82, 2.24) is 15.0 Å². The topological polar surface area (TPSA) is 80.7 Å². The zero-order chi connectivity index (χ0) is 14.2. The molecule has 0 bridgehead atoms. The number of furan rings is 1. The van der Waals surface area contributed by atoms with E-state index in [1.165, 1.54) is 6.33 Å². The summed E-state index contributed by atoms with van der Waals surface area (Å²) in [6.45, 7) is 0. The van der Waals surface area contributed by atoms with Crippen LogP contribution in [0.5, 0.6) is 0 Å². The molecule has 100 valence electrons. The fraction of sp³-hybridized carbons (Fsp3) is 0. The molecule has 0 atom stereocenters. The number of nitrogens with zero attached hydrogens (tertiary/aromatic N) is 2. The van der Waals surface area contributed by atoms with Gasteiger partial charge in [0.15, 0.2) is 0 Å². The highest BCUT2D eigenvalue weighted by Gasteiger charge is 2.03. The minimum atomic E-state index is 0.448. The number of hydrogen-bond donors (Lipinski definition) is 2. The molecule has 0 amide bonds. The van der Waals surface area contributed by atoms with Crippen LogP contribution in [-0.2, 0) is 0 Å². The molecule has 1 aromatic carbocycles. The summed E-state index contributed by atoms with van der Waals surface area (Å²) < 4.78 is 5.31. The first kappa shape index (κ1) is 11.6. The van der Waals surface area contributed by atoms with Crippen molar-refractivity contribution in [3.63, 3.8) is 0 Å². The number of fused-ring (bicyclic) bond motifs is 2. The van der Waals surface area contributed by atoms with Crippen molar-refractivity contribution in [3.8, 4) is 11.8 Å². The van der Waals surface area contributed by atoms with E-state index >= 15 is 0 Å². The van der Waals surface area contributed by atoms with Crippen LogP contribution >= 0.6 is 0 Å². The lowest BCUT2D eigenvalue weighted by Gasteiger charge is -1.90. The molecular weight excluding hydrogens is 264 g/mol. The van der Waals surface area contributed by atoms with E-state index in [0.717, 1.165) is 27.6 Å². The Morgan fingerprint density at radius 2 is 2.05 bits per heavy atom. The molecule has 3 N–H and O–H groups in total. The van der Waals surface area contributed by atoms with Gasteiger partial charge in [-0.3, -0.25) is 0 Å². The van der Waals surface area contributed by atoms with Gasteiger partial charge in [0.1, 0.15) is 23.4 Å². The molecule has 0 radical (unpaired) electrons. The summed E-state index contributed by atoms with van der Waals surface area (Å²) in [5.41, 5.74) is 9.02. The van der Waals surface area contributed by atoms with Crippen LogP contribution in [0.15, 0.2) is 47.3 Å². The molecular formula is C16H10N4O. The first-order valence-electron chi connectivity index (χ1n) is 6.38. The zero-order valence-electron chi connectivity index (χ0n) is 10.9. The lowest BCUT2D eigenvalue weighted by atomic mass is 10.1. The highest BCUT2D eigenvalue weighted by atomic mass is 16.3. The van der Waals surface area contributed by atoms with E-state index in [-0.39, 0.29) is 0 Å². The summed E-state index contributed by atoms with van der Waals surface area (Å²) in [6, 6.07) is 9.60. The molecule has 3 aromatic heterocycles. The third-order valence-electron chi connectivity index (χ3n) is 3.25. The molecule has 21 heavy (non-hydrogen) atoms. The van der Waals surface area contributed by atoms with Crippen molar-refractivity contribution in [2.45, 2.75) is 0 Å². The maximum atomic E-state index is 5.80. The van der Waals surface area contributed by atoms with Gasteiger partial charge in [-0.05, 0) is 36.3 Å². The Kier molecular flexibility index (Phi) is 2.42.